The molecule has 0 aromatic heterocycles. The lowest BCUT2D eigenvalue weighted by atomic mass is 10.1. The molecule has 2 heteroatoms. The highest BCUT2D eigenvalue weighted by Gasteiger charge is 2.04. The van der Waals surface area contributed by atoms with E-state index in [1.165, 1.54) is 5.56 Å². The largest absolute Gasteiger partial charge is 0.312 e. The summed E-state index contributed by atoms with van der Waals surface area (Å²) in [6.45, 7) is 6.58. The summed E-state index contributed by atoms with van der Waals surface area (Å²) in [7, 11) is 0. The zero-order valence-electron chi connectivity index (χ0n) is 9.05. The summed E-state index contributed by atoms with van der Waals surface area (Å²) in [4.78, 5) is 0. The molecule has 1 aromatic carbocycles. The van der Waals surface area contributed by atoms with Crippen LogP contribution in [0.2, 0.25) is 0 Å². The number of hydrogen-bond acceptors (Lipinski definition) is 1. The van der Waals surface area contributed by atoms with E-state index in [1.54, 1.807) is 0 Å². The van der Waals surface area contributed by atoms with Crippen molar-refractivity contribution in [2.75, 3.05) is 0 Å². The van der Waals surface area contributed by atoms with E-state index in [4.69, 9.17) is 0 Å². The molecule has 1 unspecified atom stereocenters. The lowest BCUT2D eigenvalue weighted by Gasteiger charge is -2.16. The van der Waals surface area contributed by atoms with Crippen LogP contribution in [-0.2, 0) is 6.42 Å². The Hall–Kier alpha value is -0.340. The van der Waals surface area contributed by atoms with Crippen LogP contribution in [0.3, 0.4) is 0 Å². The molecule has 0 aliphatic heterocycles. The van der Waals surface area contributed by atoms with Gasteiger partial charge >= 0.3 is 0 Å². The maximum absolute atomic E-state index is 3.50. The van der Waals surface area contributed by atoms with Gasteiger partial charge in [0.15, 0.2) is 0 Å². The molecule has 0 aliphatic carbocycles. The van der Waals surface area contributed by atoms with Crippen molar-refractivity contribution in [2.24, 2.45) is 0 Å². The first-order valence-corrected chi connectivity index (χ1v) is 5.87. The van der Waals surface area contributed by atoms with Gasteiger partial charge < -0.3 is 5.32 Å². The highest BCUT2D eigenvalue weighted by atomic mass is 79.9. The molecular weight excluding hydrogens is 238 g/mol. The maximum Gasteiger partial charge on any atom is 0.0178 e. The standard InChI is InChI=1S/C12H18BrN/c1-9(2)14-10(3)7-11-5-4-6-12(13)8-11/h4-6,8-10,14H,7H2,1-3H3. The van der Waals surface area contributed by atoms with Crippen LogP contribution in [0.1, 0.15) is 26.3 Å². The Morgan fingerprint density at radius 3 is 2.57 bits per heavy atom. The highest BCUT2D eigenvalue weighted by molar-refractivity contribution is 9.10. The van der Waals surface area contributed by atoms with Crippen LogP contribution in [0, 0.1) is 0 Å². The molecule has 78 valence electrons. The van der Waals surface area contributed by atoms with Gasteiger partial charge in [-0.3, -0.25) is 0 Å². The molecule has 1 N–H and O–H groups in total. The van der Waals surface area contributed by atoms with Gasteiger partial charge in [0.25, 0.3) is 0 Å². The minimum Gasteiger partial charge on any atom is -0.312 e. The number of halogens is 1. The summed E-state index contributed by atoms with van der Waals surface area (Å²) in [6.07, 6.45) is 1.08. The van der Waals surface area contributed by atoms with Crippen molar-refractivity contribution in [3.8, 4) is 0 Å². The first kappa shape index (κ1) is 11.7. The molecule has 0 aliphatic rings. The molecule has 14 heavy (non-hydrogen) atoms. The van der Waals surface area contributed by atoms with E-state index in [0.717, 1.165) is 10.9 Å². The van der Waals surface area contributed by atoms with E-state index in [1.807, 2.05) is 0 Å². The van der Waals surface area contributed by atoms with Crippen LogP contribution < -0.4 is 5.32 Å². The van der Waals surface area contributed by atoms with Gasteiger partial charge in [0, 0.05) is 16.6 Å². The van der Waals surface area contributed by atoms with Crippen molar-refractivity contribution >= 4 is 15.9 Å². The summed E-state index contributed by atoms with van der Waals surface area (Å²) >= 11 is 3.48. The number of hydrogen-bond donors (Lipinski definition) is 1. The molecule has 0 saturated carbocycles. The van der Waals surface area contributed by atoms with Crippen LogP contribution in [0.15, 0.2) is 28.7 Å². The van der Waals surface area contributed by atoms with Crippen molar-refractivity contribution in [3.05, 3.63) is 34.3 Å². The van der Waals surface area contributed by atoms with Crippen molar-refractivity contribution in [1.29, 1.82) is 0 Å². The van der Waals surface area contributed by atoms with Gasteiger partial charge in [0.05, 0.1) is 0 Å². The van der Waals surface area contributed by atoms with Gasteiger partial charge in [-0.15, -0.1) is 0 Å². The van der Waals surface area contributed by atoms with Gasteiger partial charge in [0.2, 0.25) is 0 Å². The van der Waals surface area contributed by atoms with E-state index < -0.39 is 0 Å². The number of nitrogens with one attached hydrogen (secondary N) is 1. The van der Waals surface area contributed by atoms with Crippen LogP contribution in [-0.4, -0.2) is 12.1 Å². The van der Waals surface area contributed by atoms with Crippen LogP contribution in [0.25, 0.3) is 0 Å². The first-order chi connectivity index (χ1) is 6.58. The van der Waals surface area contributed by atoms with Gasteiger partial charge in [-0.1, -0.05) is 41.9 Å². The lowest BCUT2D eigenvalue weighted by molar-refractivity contribution is 0.487. The fourth-order valence-electron chi connectivity index (χ4n) is 1.65. The summed E-state index contributed by atoms with van der Waals surface area (Å²) in [6, 6.07) is 9.58. The Kier molecular flexibility index (Phi) is 4.63. The molecule has 0 spiro atoms. The maximum atomic E-state index is 3.50. The Balaban J connectivity index is 2.51. The predicted octanol–water partition coefficient (Wildman–Crippen LogP) is 3.38. The molecule has 1 rings (SSSR count). The summed E-state index contributed by atoms with van der Waals surface area (Å²) in [5.41, 5.74) is 1.38. The molecule has 1 nitrogen and oxygen atoms in total. The minimum atomic E-state index is 0.532. The smallest absolute Gasteiger partial charge is 0.0178 e. The van der Waals surface area contributed by atoms with Crippen molar-refractivity contribution < 1.29 is 0 Å². The van der Waals surface area contributed by atoms with Crippen LogP contribution in [0.4, 0.5) is 0 Å². The number of benzene rings is 1. The van der Waals surface area contributed by atoms with Gasteiger partial charge in [-0.05, 0) is 31.0 Å². The summed E-state index contributed by atoms with van der Waals surface area (Å²) in [5.74, 6) is 0. The van der Waals surface area contributed by atoms with E-state index in [0.29, 0.717) is 12.1 Å². The Labute approximate surface area is 95.0 Å². The first-order valence-electron chi connectivity index (χ1n) is 5.08. The molecule has 1 aromatic rings. The van der Waals surface area contributed by atoms with E-state index in [2.05, 4.69) is 66.3 Å². The second-order valence-electron chi connectivity index (χ2n) is 4.06. The third-order valence-corrected chi connectivity index (χ3v) is 2.54. The summed E-state index contributed by atoms with van der Waals surface area (Å²) < 4.78 is 1.16. The topological polar surface area (TPSA) is 12.0 Å². The van der Waals surface area contributed by atoms with Gasteiger partial charge in [-0.2, -0.15) is 0 Å². The number of rotatable bonds is 4. The zero-order valence-corrected chi connectivity index (χ0v) is 10.6. The van der Waals surface area contributed by atoms with E-state index in [9.17, 15) is 0 Å². The van der Waals surface area contributed by atoms with E-state index >= 15 is 0 Å². The highest BCUT2D eigenvalue weighted by Crippen LogP contribution is 2.13. The van der Waals surface area contributed by atoms with Crippen molar-refractivity contribution in [3.63, 3.8) is 0 Å². The average molecular weight is 256 g/mol. The zero-order chi connectivity index (χ0) is 10.6. The van der Waals surface area contributed by atoms with Crippen LogP contribution >= 0.6 is 15.9 Å². The molecule has 0 fully saturated rings. The van der Waals surface area contributed by atoms with Gasteiger partial charge in [0.1, 0.15) is 0 Å². The third-order valence-electron chi connectivity index (χ3n) is 2.05. The molecule has 1 atom stereocenters. The predicted molar refractivity (Wildman–Crippen MR) is 65.6 cm³/mol. The van der Waals surface area contributed by atoms with E-state index in [-0.39, 0.29) is 0 Å². The fraction of sp³-hybridized carbons (Fsp3) is 0.500. The Bertz CT molecular complexity index is 283. The van der Waals surface area contributed by atoms with Crippen LogP contribution in [0.5, 0.6) is 0 Å². The molecular formula is C12H18BrN. The lowest BCUT2D eigenvalue weighted by Crippen LogP contribution is -2.33. The molecule has 0 radical (unpaired) electrons. The van der Waals surface area contributed by atoms with Crippen molar-refractivity contribution in [2.45, 2.75) is 39.3 Å². The monoisotopic (exact) mass is 255 g/mol. The SMILES string of the molecule is CC(C)NC(C)Cc1cccc(Br)c1. The molecule has 0 bridgehead atoms. The Morgan fingerprint density at radius 1 is 1.29 bits per heavy atom. The Morgan fingerprint density at radius 2 is 2.00 bits per heavy atom. The molecule has 0 amide bonds. The molecule has 0 saturated heterocycles. The second kappa shape index (κ2) is 5.52. The normalized spacial score (nSPS) is 13.2. The minimum absolute atomic E-state index is 0.532. The average Bonchev–Trinajstić information content (AvgIpc) is 2.01. The quantitative estimate of drug-likeness (QED) is 0.870. The van der Waals surface area contributed by atoms with Crippen molar-refractivity contribution in [1.82, 2.24) is 5.32 Å². The molecule has 0 heterocycles. The fourth-order valence-corrected chi connectivity index (χ4v) is 2.09. The summed E-state index contributed by atoms with van der Waals surface area (Å²) in [5, 5.41) is 3.50. The second-order valence-corrected chi connectivity index (χ2v) is 4.97. The third kappa shape index (κ3) is 4.25. The van der Waals surface area contributed by atoms with Gasteiger partial charge in [-0.25, -0.2) is 0 Å².